The monoisotopic (exact) mass is 208 g/mol. The lowest BCUT2D eigenvalue weighted by atomic mass is 10.5. The third-order valence-corrected chi connectivity index (χ3v) is 1.94. The van der Waals surface area contributed by atoms with E-state index < -0.39 is 0 Å². The molecule has 0 spiro atoms. The van der Waals surface area contributed by atoms with Gasteiger partial charge < -0.3 is 0 Å². The van der Waals surface area contributed by atoms with Gasteiger partial charge in [0, 0.05) is 12.4 Å². The zero-order valence-electron chi connectivity index (χ0n) is 4.93. The summed E-state index contributed by atoms with van der Waals surface area (Å²) in [6, 6.07) is 1.83. The van der Waals surface area contributed by atoms with Crippen LogP contribution in [0.25, 0.3) is 0 Å². The molecule has 0 fully saturated rings. The van der Waals surface area contributed by atoms with Crippen molar-refractivity contribution in [1.29, 1.82) is 0 Å². The van der Waals surface area contributed by atoms with E-state index in [1.54, 1.807) is 4.68 Å². The van der Waals surface area contributed by atoms with Crippen LogP contribution in [0.3, 0.4) is 0 Å². The maximum atomic E-state index is 5.69. The molecule has 0 aromatic carbocycles. The highest BCUT2D eigenvalue weighted by molar-refractivity contribution is 9.08. The highest BCUT2D eigenvalue weighted by atomic mass is 79.9. The van der Waals surface area contributed by atoms with Crippen molar-refractivity contribution in [1.82, 2.24) is 9.78 Å². The minimum Gasteiger partial charge on any atom is -0.257 e. The lowest BCUT2D eigenvalue weighted by Crippen LogP contribution is -1.89. The topological polar surface area (TPSA) is 17.8 Å². The molecule has 1 aromatic rings. The molecule has 0 saturated carbocycles. The van der Waals surface area contributed by atoms with Gasteiger partial charge in [0.25, 0.3) is 0 Å². The summed E-state index contributed by atoms with van der Waals surface area (Å²) in [5.74, 6) is 0. The Bertz CT molecular complexity index is 189. The summed E-state index contributed by atoms with van der Waals surface area (Å²) in [6.45, 7) is 0. The number of hydrogen-bond acceptors (Lipinski definition) is 1. The standard InChI is InChI=1S/C5H6BrClN2/c1-9-5(7)2-4(3-6)8-9/h2H,3H2,1H3. The Morgan fingerprint density at radius 2 is 2.56 bits per heavy atom. The van der Waals surface area contributed by atoms with Crippen molar-refractivity contribution >= 4 is 27.5 Å². The molecule has 0 aliphatic heterocycles. The van der Waals surface area contributed by atoms with E-state index in [0.717, 1.165) is 11.0 Å². The smallest absolute Gasteiger partial charge is 0.127 e. The molecule has 0 saturated heterocycles. The third-order valence-electron chi connectivity index (χ3n) is 1.01. The van der Waals surface area contributed by atoms with Gasteiger partial charge in [-0.05, 0) is 6.07 Å². The third kappa shape index (κ3) is 1.46. The maximum Gasteiger partial charge on any atom is 0.127 e. The molecule has 1 rings (SSSR count). The Labute approximate surface area is 66.9 Å². The van der Waals surface area contributed by atoms with E-state index in [2.05, 4.69) is 21.0 Å². The molecule has 1 heterocycles. The zero-order chi connectivity index (χ0) is 6.85. The number of alkyl halides is 1. The Hall–Kier alpha value is -0.0200. The predicted octanol–water partition coefficient (Wildman–Crippen LogP) is 1.97. The summed E-state index contributed by atoms with van der Waals surface area (Å²) in [5, 5.41) is 5.49. The van der Waals surface area contributed by atoms with Crippen LogP contribution in [0, 0.1) is 0 Å². The first-order chi connectivity index (χ1) is 4.24. The van der Waals surface area contributed by atoms with Crippen molar-refractivity contribution in [3.05, 3.63) is 16.9 Å². The van der Waals surface area contributed by atoms with E-state index in [4.69, 9.17) is 11.6 Å². The van der Waals surface area contributed by atoms with Crippen molar-refractivity contribution in [3.63, 3.8) is 0 Å². The number of nitrogens with zero attached hydrogens (tertiary/aromatic N) is 2. The molecule has 1 aromatic heterocycles. The van der Waals surface area contributed by atoms with E-state index in [9.17, 15) is 0 Å². The van der Waals surface area contributed by atoms with Crippen molar-refractivity contribution in [2.45, 2.75) is 5.33 Å². The first-order valence-corrected chi connectivity index (χ1v) is 3.98. The van der Waals surface area contributed by atoms with E-state index in [1.165, 1.54) is 0 Å². The highest BCUT2D eigenvalue weighted by Crippen LogP contribution is 2.10. The van der Waals surface area contributed by atoms with E-state index in [0.29, 0.717) is 5.15 Å². The lowest BCUT2D eigenvalue weighted by Gasteiger charge is -1.86. The normalized spacial score (nSPS) is 10.1. The fourth-order valence-corrected chi connectivity index (χ4v) is 1.00. The van der Waals surface area contributed by atoms with Crippen LogP contribution in [-0.4, -0.2) is 9.78 Å². The van der Waals surface area contributed by atoms with E-state index >= 15 is 0 Å². The quantitative estimate of drug-likeness (QED) is 0.647. The molecule has 0 atom stereocenters. The van der Waals surface area contributed by atoms with Gasteiger partial charge in [0.1, 0.15) is 5.15 Å². The molecule has 2 nitrogen and oxygen atoms in total. The van der Waals surface area contributed by atoms with Crippen LogP contribution in [0.1, 0.15) is 5.69 Å². The van der Waals surface area contributed by atoms with E-state index in [1.807, 2.05) is 13.1 Å². The maximum absolute atomic E-state index is 5.69. The fraction of sp³-hybridized carbons (Fsp3) is 0.400. The molecule has 0 N–H and O–H groups in total. The second kappa shape index (κ2) is 2.71. The Morgan fingerprint density at radius 1 is 1.89 bits per heavy atom. The van der Waals surface area contributed by atoms with Gasteiger partial charge in [0.05, 0.1) is 5.69 Å². The molecule has 9 heavy (non-hydrogen) atoms. The summed E-state index contributed by atoms with van der Waals surface area (Å²) < 4.78 is 1.64. The first kappa shape index (κ1) is 7.09. The minimum atomic E-state index is 0.671. The van der Waals surface area contributed by atoms with Gasteiger partial charge in [-0.25, -0.2) is 0 Å². The van der Waals surface area contributed by atoms with Crippen molar-refractivity contribution < 1.29 is 0 Å². The number of hydrogen-bond donors (Lipinski definition) is 0. The molecule has 0 unspecified atom stereocenters. The summed E-state index contributed by atoms with van der Waals surface area (Å²) >= 11 is 8.96. The lowest BCUT2D eigenvalue weighted by molar-refractivity contribution is 0.756. The molecule has 0 radical (unpaired) electrons. The molecule has 4 heteroatoms. The van der Waals surface area contributed by atoms with Crippen molar-refractivity contribution in [2.75, 3.05) is 0 Å². The number of rotatable bonds is 1. The predicted molar refractivity (Wildman–Crippen MR) is 40.8 cm³/mol. The van der Waals surface area contributed by atoms with Crippen LogP contribution in [0.5, 0.6) is 0 Å². The van der Waals surface area contributed by atoms with Crippen molar-refractivity contribution in [2.24, 2.45) is 7.05 Å². The van der Waals surface area contributed by atoms with Crippen LogP contribution in [0.4, 0.5) is 0 Å². The highest BCUT2D eigenvalue weighted by Gasteiger charge is 1.98. The van der Waals surface area contributed by atoms with Crippen molar-refractivity contribution in [3.8, 4) is 0 Å². The van der Waals surface area contributed by atoms with Gasteiger partial charge in [-0.3, -0.25) is 4.68 Å². The first-order valence-electron chi connectivity index (χ1n) is 2.48. The summed E-state index contributed by atoms with van der Waals surface area (Å²) in [4.78, 5) is 0. The molecular formula is C5H6BrClN2. The van der Waals surface area contributed by atoms with Gasteiger partial charge in [-0.15, -0.1) is 0 Å². The van der Waals surface area contributed by atoms with Gasteiger partial charge in [0.15, 0.2) is 0 Å². The van der Waals surface area contributed by atoms with Crippen LogP contribution in [0.15, 0.2) is 6.07 Å². The number of aromatic nitrogens is 2. The van der Waals surface area contributed by atoms with Gasteiger partial charge in [-0.1, -0.05) is 27.5 Å². The molecule has 0 amide bonds. The summed E-state index contributed by atoms with van der Waals surface area (Å²) in [5.41, 5.74) is 0.961. The SMILES string of the molecule is Cn1nc(CBr)cc1Cl. The van der Waals surface area contributed by atoms with Crippen LogP contribution >= 0.6 is 27.5 Å². The minimum absolute atomic E-state index is 0.671. The van der Waals surface area contributed by atoms with Gasteiger partial charge in [-0.2, -0.15) is 5.10 Å². The molecule has 0 aliphatic carbocycles. The summed E-state index contributed by atoms with van der Waals surface area (Å²) in [6.07, 6.45) is 0. The van der Waals surface area contributed by atoms with Crippen LogP contribution in [-0.2, 0) is 12.4 Å². The average Bonchev–Trinajstić information content (AvgIpc) is 2.13. The van der Waals surface area contributed by atoms with E-state index in [-0.39, 0.29) is 0 Å². The average molecular weight is 209 g/mol. The summed E-state index contributed by atoms with van der Waals surface area (Å²) in [7, 11) is 1.81. The number of halogens is 2. The van der Waals surface area contributed by atoms with Gasteiger partial charge in [0.2, 0.25) is 0 Å². The van der Waals surface area contributed by atoms with Crippen LogP contribution in [0.2, 0.25) is 5.15 Å². The Kier molecular flexibility index (Phi) is 2.13. The van der Waals surface area contributed by atoms with Crippen LogP contribution < -0.4 is 0 Å². The molecular weight excluding hydrogens is 203 g/mol. The number of aryl methyl sites for hydroxylation is 1. The van der Waals surface area contributed by atoms with Gasteiger partial charge >= 0.3 is 0 Å². The second-order valence-corrected chi connectivity index (χ2v) is 2.66. The molecule has 0 bridgehead atoms. The molecule has 50 valence electrons. The fourth-order valence-electron chi connectivity index (χ4n) is 0.566. The Morgan fingerprint density at radius 3 is 2.78 bits per heavy atom. The Balaban J connectivity index is 2.98. The molecule has 0 aliphatic rings. The zero-order valence-corrected chi connectivity index (χ0v) is 7.28. The second-order valence-electron chi connectivity index (χ2n) is 1.72. The largest absolute Gasteiger partial charge is 0.257 e.